The van der Waals surface area contributed by atoms with Crippen LogP contribution in [0.4, 0.5) is 0 Å². The number of rotatable bonds is 6. The summed E-state index contributed by atoms with van der Waals surface area (Å²) in [5.74, 6) is 0.764. The smallest absolute Gasteiger partial charge is 0.168 e. The number of aldehydes is 1. The monoisotopic (exact) mass is 298 g/mol. The van der Waals surface area contributed by atoms with E-state index in [2.05, 4.69) is 9.88 Å². The number of hydrogen-bond donors (Lipinski definition) is 0. The lowest BCUT2D eigenvalue weighted by molar-refractivity contribution is 0.111. The van der Waals surface area contributed by atoms with Crippen LogP contribution in [0.5, 0.6) is 5.75 Å². The van der Waals surface area contributed by atoms with Crippen molar-refractivity contribution in [3.8, 4) is 5.75 Å². The van der Waals surface area contributed by atoms with Crippen LogP contribution in [0.1, 0.15) is 36.2 Å². The molecule has 1 fully saturated rings. The van der Waals surface area contributed by atoms with E-state index >= 15 is 0 Å². The Labute approximate surface area is 131 Å². The van der Waals surface area contributed by atoms with E-state index in [0.717, 1.165) is 35.9 Å². The molecule has 1 aromatic carbocycles. The number of benzene rings is 1. The number of piperidine rings is 1. The van der Waals surface area contributed by atoms with Crippen LogP contribution in [0.2, 0.25) is 0 Å². The maximum Gasteiger partial charge on any atom is 0.168 e. The first-order valence-corrected chi connectivity index (χ1v) is 8.07. The van der Waals surface area contributed by atoms with Crippen LogP contribution in [0.3, 0.4) is 0 Å². The molecule has 0 aliphatic carbocycles. The first-order valence-electron chi connectivity index (χ1n) is 8.07. The van der Waals surface area contributed by atoms with Gasteiger partial charge in [0.05, 0.1) is 6.61 Å². The lowest BCUT2D eigenvalue weighted by Crippen LogP contribution is -2.31. The van der Waals surface area contributed by atoms with Gasteiger partial charge in [-0.2, -0.15) is 0 Å². The van der Waals surface area contributed by atoms with E-state index in [0.29, 0.717) is 12.3 Å². The SMILES string of the molecule is O=Cc1ccc2cccc(OCCCN3CCCCC3)c2n1. The highest BCUT2D eigenvalue weighted by Crippen LogP contribution is 2.24. The predicted octanol–water partition coefficient (Wildman–Crippen LogP) is 3.30. The fraction of sp³-hybridized carbons (Fsp3) is 0.444. The average Bonchev–Trinajstić information content (AvgIpc) is 2.59. The molecule has 0 radical (unpaired) electrons. The Balaban J connectivity index is 1.59. The summed E-state index contributed by atoms with van der Waals surface area (Å²) < 4.78 is 5.90. The molecule has 1 saturated heterocycles. The van der Waals surface area contributed by atoms with Crippen LogP contribution in [-0.2, 0) is 0 Å². The van der Waals surface area contributed by atoms with Gasteiger partial charge in [0.2, 0.25) is 0 Å². The molecule has 0 amide bonds. The molecule has 0 N–H and O–H groups in total. The molecule has 1 aromatic heterocycles. The minimum Gasteiger partial charge on any atom is -0.491 e. The number of nitrogens with zero attached hydrogens (tertiary/aromatic N) is 2. The van der Waals surface area contributed by atoms with Crippen molar-refractivity contribution in [1.82, 2.24) is 9.88 Å². The van der Waals surface area contributed by atoms with Gasteiger partial charge in [-0.25, -0.2) is 4.98 Å². The van der Waals surface area contributed by atoms with Crippen molar-refractivity contribution in [2.75, 3.05) is 26.2 Å². The summed E-state index contributed by atoms with van der Waals surface area (Å²) >= 11 is 0. The number of likely N-dealkylation sites (tertiary alicyclic amines) is 1. The van der Waals surface area contributed by atoms with Gasteiger partial charge in [0.1, 0.15) is 17.0 Å². The number of carbonyl (C=O) groups is 1. The van der Waals surface area contributed by atoms with Crippen molar-refractivity contribution in [2.45, 2.75) is 25.7 Å². The van der Waals surface area contributed by atoms with Crippen LogP contribution in [0.25, 0.3) is 10.9 Å². The molecule has 4 heteroatoms. The van der Waals surface area contributed by atoms with E-state index in [1.807, 2.05) is 24.3 Å². The highest BCUT2D eigenvalue weighted by Gasteiger charge is 2.09. The Bertz CT molecular complexity index is 636. The summed E-state index contributed by atoms with van der Waals surface area (Å²) in [6.45, 7) is 4.22. The zero-order valence-electron chi connectivity index (χ0n) is 12.8. The van der Waals surface area contributed by atoms with Crippen LogP contribution in [0, 0.1) is 0 Å². The van der Waals surface area contributed by atoms with E-state index in [9.17, 15) is 4.79 Å². The second kappa shape index (κ2) is 7.36. The fourth-order valence-electron chi connectivity index (χ4n) is 2.97. The molecule has 3 rings (SSSR count). The second-order valence-corrected chi connectivity index (χ2v) is 5.79. The van der Waals surface area contributed by atoms with Crippen molar-refractivity contribution < 1.29 is 9.53 Å². The van der Waals surface area contributed by atoms with Gasteiger partial charge in [-0.15, -0.1) is 0 Å². The second-order valence-electron chi connectivity index (χ2n) is 5.79. The summed E-state index contributed by atoms with van der Waals surface area (Å²) in [7, 11) is 0. The molecule has 0 unspecified atom stereocenters. The molecule has 116 valence electrons. The molecule has 2 heterocycles. The van der Waals surface area contributed by atoms with Crippen LogP contribution in [-0.4, -0.2) is 42.4 Å². The largest absolute Gasteiger partial charge is 0.491 e. The van der Waals surface area contributed by atoms with Gasteiger partial charge in [0.25, 0.3) is 0 Å². The van der Waals surface area contributed by atoms with Gasteiger partial charge in [0.15, 0.2) is 6.29 Å². The Kier molecular flexibility index (Phi) is 5.01. The highest BCUT2D eigenvalue weighted by molar-refractivity contribution is 5.87. The lowest BCUT2D eigenvalue weighted by Gasteiger charge is -2.26. The van der Waals surface area contributed by atoms with Crippen LogP contribution in [0.15, 0.2) is 30.3 Å². The number of para-hydroxylation sites is 1. The maximum atomic E-state index is 10.9. The number of fused-ring (bicyclic) bond motifs is 1. The fourth-order valence-corrected chi connectivity index (χ4v) is 2.97. The molecule has 0 atom stereocenters. The Hall–Kier alpha value is -1.94. The third-order valence-corrected chi connectivity index (χ3v) is 4.15. The molecule has 2 aromatic rings. The minimum absolute atomic E-state index is 0.442. The topological polar surface area (TPSA) is 42.4 Å². The molecule has 0 spiro atoms. The summed E-state index contributed by atoms with van der Waals surface area (Å²) in [5, 5.41) is 0.999. The summed E-state index contributed by atoms with van der Waals surface area (Å²) in [5.41, 5.74) is 1.21. The molecule has 22 heavy (non-hydrogen) atoms. The number of carbonyl (C=O) groups excluding carboxylic acids is 1. The average molecular weight is 298 g/mol. The minimum atomic E-state index is 0.442. The summed E-state index contributed by atoms with van der Waals surface area (Å²) in [6.07, 6.45) is 5.80. The van der Waals surface area contributed by atoms with Gasteiger partial charge in [-0.3, -0.25) is 4.79 Å². The van der Waals surface area contributed by atoms with Crippen LogP contribution < -0.4 is 4.74 Å². The molecule has 0 bridgehead atoms. The maximum absolute atomic E-state index is 10.9. The van der Waals surface area contributed by atoms with Crippen molar-refractivity contribution in [1.29, 1.82) is 0 Å². The quantitative estimate of drug-likeness (QED) is 0.606. The number of aromatic nitrogens is 1. The zero-order chi connectivity index (χ0) is 15.2. The molecule has 1 aliphatic rings. The number of hydrogen-bond acceptors (Lipinski definition) is 4. The third-order valence-electron chi connectivity index (χ3n) is 4.15. The van der Waals surface area contributed by atoms with Gasteiger partial charge in [0, 0.05) is 11.9 Å². The van der Waals surface area contributed by atoms with E-state index in [1.54, 1.807) is 6.07 Å². The zero-order valence-corrected chi connectivity index (χ0v) is 12.8. The highest BCUT2D eigenvalue weighted by atomic mass is 16.5. The standard InChI is InChI=1S/C18H22N2O2/c21-14-16-9-8-15-6-4-7-17(18(15)19-16)22-13-5-12-20-10-2-1-3-11-20/h4,6-9,14H,1-3,5,10-13H2. The van der Waals surface area contributed by atoms with Crippen molar-refractivity contribution >= 4 is 17.2 Å². The van der Waals surface area contributed by atoms with Gasteiger partial charge < -0.3 is 9.64 Å². The Morgan fingerprint density at radius 3 is 2.82 bits per heavy atom. The number of ether oxygens (including phenoxy) is 1. The van der Waals surface area contributed by atoms with Crippen molar-refractivity contribution in [3.05, 3.63) is 36.0 Å². The van der Waals surface area contributed by atoms with Gasteiger partial charge >= 0.3 is 0 Å². The van der Waals surface area contributed by atoms with Gasteiger partial charge in [-0.05, 0) is 44.5 Å². The van der Waals surface area contributed by atoms with E-state index < -0.39 is 0 Å². The predicted molar refractivity (Wildman–Crippen MR) is 87.5 cm³/mol. The first-order chi connectivity index (χ1) is 10.9. The molecule has 4 nitrogen and oxygen atoms in total. The van der Waals surface area contributed by atoms with Gasteiger partial charge in [-0.1, -0.05) is 24.6 Å². The van der Waals surface area contributed by atoms with Crippen molar-refractivity contribution in [3.63, 3.8) is 0 Å². The normalized spacial score (nSPS) is 15.8. The van der Waals surface area contributed by atoms with E-state index in [4.69, 9.17) is 4.74 Å². The molecular weight excluding hydrogens is 276 g/mol. The molecule has 1 aliphatic heterocycles. The van der Waals surface area contributed by atoms with Crippen molar-refractivity contribution in [2.24, 2.45) is 0 Å². The molecular formula is C18H22N2O2. The van der Waals surface area contributed by atoms with Crippen LogP contribution >= 0.6 is 0 Å². The first kappa shape index (κ1) is 15.0. The summed E-state index contributed by atoms with van der Waals surface area (Å²) in [4.78, 5) is 17.8. The Morgan fingerprint density at radius 1 is 1.14 bits per heavy atom. The van der Waals surface area contributed by atoms with E-state index in [1.165, 1.54) is 32.4 Å². The molecule has 0 saturated carbocycles. The third kappa shape index (κ3) is 3.63. The Morgan fingerprint density at radius 2 is 2.00 bits per heavy atom. The summed E-state index contributed by atoms with van der Waals surface area (Å²) in [6, 6.07) is 9.51. The lowest BCUT2D eigenvalue weighted by atomic mass is 10.1. The number of pyridine rings is 1. The van der Waals surface area contributed by atoms with E-state index in [-0.39, 0.29) is 0 Å².